The van der Waals surface area contributed by atoms with Gasteiger partial charge < -0.3 is 0 Å². The Labute approximate surface area is 230 Å². The first-order valence-electron chi connectivity index (χ1n) is 12.0. The van der Waals surface area contributed by atoms with Crippen LogP contribution in [0.1, 0.15) is 5.56 Å². The lowest BCUT2D eigenvalue weighted by atomic mass is 9.99. The lowest BCUT2D eigenvalue weighted by molar-refractivity contribution is 1.08. The third-order valence-corrected chi connectivity index (χ3v) is 6.67. The fraction of sp³-hybridized carbons (Fsp3) is 0. The van der Waals surface area contributed by atoms with E-state index in [-0.39, 0.29) is 0 Å². The minimum atomic E-state index is 0.594. The molecule has 0 radical (unpaired) electrons. The highest BCUT2D eigenvalue weighted by molar-refractivity contribution is 6.31. The van der Waals surface area contributed by atoms with Gasteiger partial charge in [0.05, 0.1) is 17.3 Å². The Morgan fingerprint density at radius 1 is 0.711 bits per heavy atom. The molecule has 0 aliphatic rings. The second-order valence-corrected chi connectivity index (χ2v) is 9.49. The van der Waals surface area contributed by atoms with Crippen molar-refractivity contribution in [3.63, 3.8) is 0 Å². The van der Waals surface area contributed by atoms with Crippen molar-refractivity contribution in [2.45, 2.75) is 0 Å². The predicted octanol–water partition coefficient (Wildman–Crippen LogP) is 8.51. The van der Waals surface area contributed by atoms with Crippen LogP contribution >= 0.6 is 23.2 Å². The number of hydrogen-bond acceptors (Lipinski definition) is 4. The van der Waals surface area contributed by atoms with E-state index in [0.717, 1.165) is 44.7 Å². The molecule has 38 heavy (non-hydrogen) atoms. The zero-order valence-electron chi connectivity index (χ0n) is 20.1. The largest absolute Gasteiger partial charge is 0.293 e. The van der Waals surface area contributed by atoms with Gasteiger partial charge in [-0.1, -0.05) is 102 Å². The van der Waals surface area contributed by atoms with Crippen molar-refractivity contribution in [3.8, 4) is 28.1 Å². The lowest BCUT2D eigenvalue weighted by Gasteiger charge is -2.13. The van der Waals surface area contributed by atoms with Crippen LogP contribution in [0, 0.1) is 0 Å². The maximum absolute atomic E-state index is 6.45. The number of hydrogen-bond donors (Lipinski definition) is 1. The lowest BCUT2D eigenvalue weighted by Crippen LogP contribution is -2.00. The number of benzene rings is 4. The monoisotopic (exact) mass is 533 g/mol. The number of nitrogens with zero attached hydrogens (tertiary/aromatic N) is 4. The maximum Gasteiger partial charge on any atom is 0.159 e. The average Bonchev–Trinajstić information content (AvgIpc) is 3.31. The second kappa shape index (κ2) is 10.5. The fourth-order valence-corrected chi connectivity index (χ4v) is 4.85. The van der Waals surface area contributed by atoms with Crippen molar-refractivity contribution in [2.75, 3.05) is 5.43 Å². The number of halogens is 2. The second-order valence-electron chi connectivity index (χ2n) is 8.61. The normalized spacial score (nSPS) is 11.3. The summed E-state index contributed by atoms with van der Waals surface area (Å²) in [6.07, 6.45) is 3.28. The fourth-order valence-electron chi connectivity index (χ4n) is 4.54. The van der Waals surface area contributed by atoms with E-state index >= 15 is 0 Å². The van der Waals surface area contributed by atoms with Crippen LogP contribution in [-0.4, -0.2) is 20.7 Å². The van der Waals surface area contributed by atoms with Crippen LogP contribution < -0.4 is 5.43 Å². The summed E-state index contributed by atoms with van der Waals surface area (Å²) in [6, 6.07) is 35.8. The van der Waals surface area contributed by atoms with E-state index in [1.807, 2.05) is 84.9 Å². The number of hydrazone groups is 1. The van der Waals surface area contributed by atoms with Gasteiger partial charge in [-0.25, -0.2) is 9.97 Å². The van der Waals surface area contributed by atoms with Gasteiger partial charge in [-0.15, -0.1) is 0 Å². The summed E-state index contributed by atoms with van der Waals surface area (Å²) in [5, 5.41) is 6.66. The Balaban J connectivity index is 1.63. The van der Waals surface area contributed by atoms with Gasteiger partial charge in [0.25, 0.3) is 0 Å². The average molecular weight is 534 g/mol. The maximum atomic E-state index is 6.45. The third-order valence-electron chi connectivity index (χ3n) is 6.18. The molecule has 0 fully saturated rings. The molecule has 0 aliphatic carbocycles. The van der Waals surface area contributed by atoms with Gasteiger partial charge >= 0.3 is 0 Å². The topological polar surface area (TPSA) is 55.1 Å². The smallest absolute Gasteiger partial charge is 0.159 e. The Morgan fingerprint density at radius 3 is 2.13 bits per heavy atom. The van der Waals surface area contributed by atoms with Crippen LogP contribution in [0.25, 0.3) is 39.1 Å². The van der Waals surface area contributed by atoms with Crippen LogP contribution in [0.4, 0.5) is 5.82 Å². The Kier molecular flexibility index (Phi) is 6.61. The molecular formula is C31H21Cl2N5. The van der Waals surface area contributed by atoms with Crippen LogP contribution in [0.5, 0.6) is 0 Å². The first kappa shape index (κ1) is 23.9. The molecule has 184 valence electrons. The predicted molar refractivity (Wildman–Crippen MR) is 157 cm³/mol. The van der Waals surface area contributed by atoms with E-state index in [1.54, 1.807) is 12.5 Å². The van der Waals surface area contributed by atoms with Crippen molar-refractivity contribution in [1.82, 2.24) is 14.5 Å². The van der Waals surface area contributed by atoms with Crippen molar-refractivity contribution in [2.24, 2.45) is 5.10 Å². The van der Waals surface area contributed by atoms with Gasteiger partial charge in [-0.05, 0) is 47.0 Å². The number of nitrogens with one attached hydrogen (secondary N) is 1. The summed E-state index contributed by atoms with van der Waals surface area (Å²) in [6.45, 7) is 0. The number of anilines is 1. The van der Waals surface area contributed by atoms with E-state index in [9.17, 15) is 0 Å². The summed E-state index contributed by atoms with van der Waals surface area (Å²) in [5.74, 6) is 0.594. The standard InChI is InChI=1S/C31H21Cl2N5/c32-24-16-14-21(15-17-24)19-36-37-30-28-27(22-8-3-1-4-9-22)29(23-10-5-2-6-11-23)38(31(28)35-20-34-30)26-13-7-12-25(33)18-26/h1-20H,(H,34,35,37)/b36-19+. The summed E-state index contributed by atoms with van der Waals surface area (Å²) >= 11 is 12.5. The molecule has 0 atom stereocenters. The number of fused-ring (bicyclic) bond motifs is 1. The van der Waals surface area contributed by atoms with Crippen molar-refractivity contribution in [3.05, 3.63) is 131 Å². The summed E-state index contributed by atoms with van der Waals surface area (Å²) < 4.78 is 2.13. The Hall–Kier alpha value is -4.45. The molecule has 0 aliphatic heterocycles. The quantitative estimate of drug-likeness (QED) is 0.172. The molecule has 7 heteroatoms. The molecule has 0 amide bonds. The number of rotatable bonds is 6. The molecule has 0 spiro atoms. The molecule has 0 saturated carbocycles. The van der Waals surface area contributed by atoms with E-state index in [1.165, 1.54) is 0 Å². The number of aromatic nitrogens is 3. The van der Waals surface area contributed by atoms with E-state index in [4.69, 9.17) is 28.2 Å². The molecule has 6 aromatic rings. The summed E-state index contributed by atoms with van der Waals surface area (Å²) in [7, 11) is 0. The minimum absolute atomic E-state index is 0.594. The summed E-state index contributed by atoms with van der Waals surface area (Å²) in [5.41, 5.74) is 9.78. The zero-order valence-corrected chi connectivity index (χ0v) is 21.6. The SMILES string of the molecule is Clc1ccc(/C=N/Nc2ncnc3c2c(-c2ccccc2)c(-c2ccccc2)n3-c2cccc(Cl)c2)cc1. The third kappa shape index (κ3) is 4.65. The van der Waals surface area contributed by atoms with Crippen LogP contribution in [0.2, 0.25) is 10.0 Å². The Bertz CT molecular complexity index is 1750. The van der Waals surface area contributed by atoms with Gasteiger partial charge in [-0.3, -0.25) is 9.99 Å². The molecule has 2 heterocycles. The molecule has 6 rings (SSSR count). The molecular weight excluding hydrogens is 513 g/mol. The zero-order chi connectivity index (χ0) is 25.9. The van der Waals surface area contributed by atoms with Crippen molar-refractivity contribution in [1.29, 1.82) is 0 Å². The van der Waals surface area contributed by atoms with Gasteiger partial charge in [0.15, 0.2) is 11.5 Å². The summed E-state index contributed by atoms with van der Waals surface area (Å²) in [4.78, 5) is 9.36. The Morgan fingerprint density at radius 2 is 1.42 bits per heavy atom. The minimum Gasteiger partial charge on any atom is -0.293 e. The van der Waals surface area contributed by atoms with E-state index < -0.39 is 0 Å². The van der Waals surface area contributed by atoms with Gasteiger partial charge in [-0.2, -0.15) is 5.10 Å². The van der Waals surface area contributed by atoms with Crippen LogP contribution in [-0.2, 0) is 0 Å². The van der Waals surface area contributed by atoms with Gasteiger partial charge in [0, 0.05) is 21.3 Å². The van der Waals surface area contributed by atoms with Crippen LogP contribution in [0.3, 0.4) is 0 Å². The van der Waals surface area contributed by atoms with Gasteiger partial charge in [0.2, 0.25) is 0 Å². The van der Waals surface area contributed by atoms with Gasteiger partial charge in [0.1, 0.15) is 6.33 Å². The highest BCUT2D eigenvalue weighted by atomic mass is 35.5. The molecule has 0 unspecified atom stereocenters. The van der Waals surface area contributed by atoms with E-state index in [0.29, 0.717) is 15.9 Å². The van der Waals surface area contributed by atoms with Crippen LogP contribution in [0.15, 0.2) is 121 Å². The van der Waals surface area contributed by atoms with Crippen molar-refractivity contribution < 1.29 is 0 Å². The molecule has 5 nitrogen and oxygen atoms in total. The molecule has 4 aromatic carbocycles. The van der Waals surface area contributed by atoms with E-state index in [2.05, 4.69) is 44.3 Å². The molecule has 0 saturated heterocycles. The molecule has 0 bridgehead atoms. The molecule has 1 N–H and O–H groups in total. The highest BCUT2D eigenvalue weighted by Crippen LogP contribution is 2.44. The first-order chi connectivity index (χ1) is 18.7. The molecule has 2 aromatic heterocycles. The first-order valence-corrected chi connectivity index (χ1v) is 12.8. The highest BCUT2D eigenvalue weighted by Gasteiger charge is 2.25. The van der Waals surface area contributed by atoms with Crippen molar-refractivity contribution >= 4 is 46.3 Å².